The standard InChI is InChI=1S/C12H19O4P/c1-5-15-17(14,16-6-2)11-9-12(3,4)8-7-10(11)13/h7-9H,5-6H2,1-4H3. The highest BCUT2D eigenvalue weighted by molar-refractivity contribution is 7.60. The zero-order valence-corrected chi connectivity index (χ0v) is 11.6. The van der Waals surface area contributed by atoms with E-state index in [1.165, 1.54) is 6.08 Å². The van der Waals surface area contributed by atoms with Crippen LogP contribution in [0, 0.1) is 5.41 Å². The smallest absolute Gasteiger partial charge is 0.305 e. The van der Waals surface area contributed by atoms with E-state index < -0.39 is 7.60 Å². The summed E-state index contributed by atoms with van der Waals surface area (Å²) >= 11 is 0. The number of ketones is 1. The molecule has 1 aliphatic carbocycles. The SMILES string of the molecule is CCOP(=O)(OCC)C1=CC(C)(C)C=CC1=O. The van der Waals surface area contributed by atoms with Crippen molar-refractivity contribution in [2.24, 2.45) is 5.41 Å². The number of carbonyl (C=O) groups excluding carboxylic acids is 1. The third-order valence-electron chi connectivity index (χ3n) is 2.32. The summed E-state index contributed by atoms with van der Waals surface area (Å²) < 4.78 is 22.9. The van der Waals surface area contributed by atoms with Gasteiger partial charge in [0.15, 0.2) is 5.78 Å². The van der Waals surface area contributed by atoms with Gasteiger partial charge in [-0.2, -0.15) is 0 Å². The lowest BCUT2D eigenvalue weighted by Crippen LogP contribution is -2.16. The average Bonchev–Trinajstić information content (AvgIpc) is 2.22. The predicted octanol–water partition coefficient (Wildman–Crippen LogP) is 3.30. The highest BCUT2D eigenvalue weighted by Crippen LogP contribution is 2.58. The molecular weight excluding hydrogens is 239 g/mol. The fourth-order valence-electron chi connectivity index (χ4n) is 1.58. The van der Waals surface area contributed by atoms with E-state index in [0.29, 0.717) is 0 Å². The van der Waals surface area contributed by atoms with Crippen LogP contribution in [0.4, 0.5) is 0 Å². The molecule has 0 fully saturated rings. The molecule has 17 heavy (non-hydrogen) atoms. The summed E-state index contributed by atoms with van der Waals surface area (Å²) in [5.74, 6) is -0.297. The third kappa shape index (κ3) is 3.38. The van der Waals surface area contributed by atoms with Crippen molar-refractivity contribution >= 4 is 13.4 Å². The molecule has 0 aliphatic heterocycles. The van der Waals surface area contributed by atoms with Crippen LogP contribution in [-0.4, -0.2) is 19.0 Å². The molecular formula is C12H19O4P. The van der Waals surface area contributed by atoms with Gasteiger partial charge in [-0.1, -0.05) is 26.0 Å². The molecule has 0 bridgehead atoms. The molecule has 0 aromatic carbocycles. The van der Waals surface area contributed by atoms with Crippen LogP contribution in [0.1, 0.15) is 27.7 Å². The lowest BCUT2D eigenvalue weighted by Gasteiger charge is -2.25. The Morgan fingerprint density at radius 1 is 1.24 bits per heavy atom. The molecule has 5 heteroatoms. The minimum Gasteiger partial charge on any atom is -0.305 e. The quantitative estimate of drug-likeness (QED) is 0.710. The Morgan fingerprint density at radius 2 is 1.76 bits per heavy atom. The van der Waals surface area contributed by atoms with E-state index in [9.17, 15) is 9.36 Å². The van der Waals surface area contributed by atoms with Crippen molar-refractivity contribution < 1.29 is 18.4 Å². The third-order valence-corrected chi connectivity index (χ3v) is 4.45. The summed E-state index contributed by atoms with van der Waals surface area (Å²) in [7, 11) is -3.47. The molecule has 0 spiro atoms. The summed E-state index contributed by atoms with van der Waals surface area (Å²) in [5.41, 5.74) is -0.312. The van der Waals surface area contributed by atoms with Crippen LogP contribution in [0.5, 0.6) is 0 Å². The van der Waals surface area contributed by atoms with Crippen LogP contribution in [0.25, 0.3) is 0 Å². The van der Waals surface area contributed by atoms with Gasteiger partial charge in [-0.25, -0.2) is 0 Å². The van der Waals surface area contributed by atoms with E-state index in [1.807, 2.05) is 13.8 Å². The molecule has 0 aromatic heterocycles. The first-order valence-corrected chi connectivity index (χ1v) is 7.25. The molecule has 0 saturated carbocycles. The number of hydrogen-bond acceptors (Lipinski definition) is 4. The first kappa shape index (κ1) is 14.4. The van der Waals surface area contributed by atoms with Crippen molar-refractivity contribution in [2.45, 2.75) is 27.7 Å². The van der Waals surface area contributed by atoms with Crippen LogP contribution in [0.15, 0.2) is 23.5 Å². The summed E-state index contributed by atoms with van der Waals surface area (Å²) in [4.78, 5) is 11.8. The van der Waals surface area contributed by atoms with Gasteiger partial charge >= 0.3 is 7.60 Å². The fourth-order valence-corrected chi connectivity index (χ4v) is 3.45. The molecule has 0 saturated heterocycles. The van der Waals surface area contributed by atoms with Gasteiger partial charge < -0.3 is 9.05 Å². The van der Waals surface area contributed by atoms with Crippen molar-refractivity contribution in [3.8, 4) is 0 Å². The number of carbonyl (C=O) groups is 1. The van der Waals surface area contributed by atoms with Crippen molar-refractivity contribution in [3.63, 3.8) is 0 Å². The van der Waals surface area contributed by atoms with E-state index in [1.54, 1.807) is 26.0 Å². The lowest BCUT2D eigenvalue weighted by atomic mass is 9.88. The lowest BCUT2D eigenvalue weighted by molar-refractivity contribution is -0.111. The summed E-state index contributed by atoms with van der Waals surface area (Å²) in [6, 6.07) is 0. The second kappa shape index (κ2) is 5.30. The Kier molecular flexibility index (Phi) is 4.48. The molecule has 1 aliphatic rings. The Bertz CT molecular complexity index is 397. The molecule has 0 N–H and O–H groups in total. The van der Waals surface area contributed by atoms with Gasteiger partial charge in [-0.05, 0) is 19.9 Å². The van der Waals surface area contributed by atoms with E-state index >= 15 is 0 Å². The average molecular weight is 258 g/mol. The summed E-state index contributed by atoms with van der Waals surface area (Å²) in [6.45, 7) is 7.79. The van der Waals surface area contributed by atoms with E-state index in [-0.39, 0.29) is 29.7 Å². The van der Waals surface area contributed by atoms with Gasteiger partial charge in [-0.3, -0.25) is 9.36 Å². The zero-order chi connectivity index (χ0) is 13.1. The predicted molar refractivity (Wildman–Crippen MR) is 66.9 cm³/mol. The van der Waals surface area contributed by atoms with Crippen LogP contribution in [0.2, 0.25) is 0 Å². The minimum atomic E-state index is -3.47. The number of hydrogen-bond donors (Lipinski definition) is 0. The van der Waals surface area contributed by atoms with Gasteiger partial charge in [0.1, 0.15) is 5.31 Å². The molecule has 96 valence electrons. The van der Waals surface area contributed by atoms with E-state index in [0.717, 1.165) is 0 Å². The highest BCUT2D eigenvalue weighted by Gasteiger charge is 2.37. The second-order valence-electron chi connectivity index (χ2n) is 4.38. The summed E-state index contributed by atoms with van der Waals surface area (Å²) in [6.07, 6.45) is 4.88. The molecule has 0 unspecified atom stereocenters. The van der Waals surface area contributed by atoms with Crippen LogP contribution < -0.4 is 0 Å². The Hall–Kier alpha value is -0.700. The molecule has 0 atom stereocenters. The molecule has 0 radical (unpaired) electrons. The zero-order valence-electron chi connectivity index (χ0n) is 10.7. The first-order chi connectivity index (χ1) is 7.84. The number of allylic oxidation sites excluding steroid dienone is 4. The topological polar surface area (TPSA) is 52.6 Å². The fraction of sp³-hybridized carbons (Fsp3) is 0.583. The van der Waals surface area contributed by atoms with Gasteiger partial charge in [0, 0.05) is 5.41 Å². The van der Waals surface area contributed by atoms with Gasteiger partial charge in [0.05, 0.1) is 13.2 Å². The largest absolute Gasteiger partial charge is 0.364 e. The van der Waals surface area contributed by atoms with Gasteiger partial charge in [-0.15, -0.1) is 0 Å². The van der Waals surface area contributed by atoms with Crippen LogP contribution in [-0.2, 0) is 18.4 Å². The Balaban J connectivity index is 3.14. The Morgan fingerprint density at radius 3 is 2.24 bits per heavy atom. The van der Waals surface area contributed by atoms with Crippen molar-refractivity contribution in [2.75, 3.05) is 13.2 Å². The Labute approximate surface area is 102 Å². The summed E-state index contributed by atoms with van der Waals surface area (Å²) in [5, 5.41) is 0.147. The first-order valence-electron chi connectivity index (χ1n) is 5.71. The highest BCUT2D eigenvalue weighted by atomic mass is 31.2. The van der Waals surface area contributed by atoms with E-state index in [4.69, 9.17) is 9.05 Å². The van der Waals surface area contributed by atoms with Gasteiger partial charge in [0.2, 0.25) is 0 Å². The maximum Gasteiger partial charge on any atom is 0.364 e. The maximum absolute atomic E-state index is 12.5. The molecule has 1 rings (SSSR count). The van der Waals surface area contributed by atoms with Crippen molar-refractivity contribution in [1.29, 1.82) is 0 Å². The minimum absolute atomic E-state index is 0.147. The second-order valence-corrected chi connectivity index (χ2v) is 6.37. The maximum atomic E-state index is 12.5. The monoisotopic (exact) mass is 258 g/mol. The number of rotatable bonds is 5. The van der Waals surface area contributed by atoms with Gasteiger partial charge in [0.25, 0.3) is 0 Å². The van der Waals surface area contributed by atoms with Crippen LogP contribution >= 0.6 is 7.60 Å². The molecule has 0 heterocycles. The van der Waals surface area contributed by atoms with Crippen LogP contribution in [0.3, 0.4) is 0 Å². The molecule has 0 aromatic rings. The molecule has 4 nitrogen and oxygen atoms in total. The van der Waals surface area contributed by atoms with E-state index in [2.05, 4.69) is 0 Å². The normalized spacial score (nSPS) is 19.3. The van der Waals surface area contributed by atoms with Crippen molar-refractivity contribution in [3.05, 3.63) is 23.5 Å². The van der Waals surface area contributed by atoms with Crippen molar-refractivity contribution in [1.82, 2.24) is 0 Å². The molecule has 0 amide bonds.